The molecular formula is C43H42IN4O6RuS2-. The number of carboxylic acids is 1. The van der Waals surface area contributed by atoms with Gasteiger partial charge >= 0.3 is 19.5 Å². The van der Waals surface area contributed by atoms with Crippen LogP contribution in [0.25, 0.3) is 47.1 Å². The molecule has 2 aliphatic heterocycles. The van der Waals surface area contributed by atoms with E-state index in [1.54, 1.807) is 28.9 Å². The summed E-state index contributed by atoms with van der Waals surface area (Å²) < 4.78 is 23.2. The van der Waals surface area contributed by atoms with Crippen LogP contribution >= 0.6 is 45.3 Å². The number of rotatable bonds is 7. The molecule has 57 heavy (non-hydrogen) atoms. The minimum Gasteiger partial charge on any atom is -0.545 e. The average Bonchev–Trinajstić information content (AvgIpc) is 3.72. The largest absolute Gasteiger partial charge is 2.00 e. The zero-order valence-electron chi connectivity index (χ0n) is 32.4. The maximum atomic E-state index is 10.7. The van der Waals surface area contributed by atoms with Crippen LogP contribution < -0.4 is 24.1 Å². The number of thiophene rings is 2. The number of halogens is 1. The van der Waals surface area contributed by atoms with Crippen LogP contribution in [0.5, 0.6) is 23.0 Å². The summed E-state index contributed by atoms with van der Waals surface area (Å²) in [5.74, 6) is 2.21. The summed E-state index contributed by atoms with van der Waals surface area (Å²) in [6, 6.07) is 14.6. The van der Waals surface area contributed by atoms with Gasteiger partial charge in [0.2, 0.25) is 0 Å². The molecule has 8 rings (SSSR count). The van der Waals surface area contributed by atoms with E-state index in [0.717, 1.165) is 70.6 Å². The van der Waals surface area contributed by atoms with Crippen LogP contribution in [0.4, 0.5) is 0 Å². The van der Waals surface area contributed by atoms with Crippen LogP contribution in [0.3, 0.4) is 0 Å². The number of alkyl halides is 1. The molecule has 14 heteroatoms. The molecule has 0 aliphatic carbocycles. The van der Waals surface area contributed by atoms with Gasteiger partial charge in [0.15, 0.2) is 23.0 Å². The predicted molar refractivity (Wildman–Crippen MR) is 235 cm³/mol. The molecule has 10 nitrogen and oxygen atoms in total. The Kier molecular flexibility index (Phi) is 18.5. The Morgan fingerprint density at radius 2 is 0.982 bits per heavy atom. The fourth-order valence-electron chi connectivity index (χ4n) is 5.56. The van der Waals surface area contributed by atoms with Crippen molar-refractivity contribution in [2.45, 2.75) is 20.8 Å². The summed E-state index contributed by atoms with van der Waals surface area (Å²) in [6.07, 6.45) is 15.0. The molecule has 0 N–H and O–H groups in total. The smallest absolute Gasteiger partial charge is 0.545 e. The van der Waals surface area contributed by atoms with Crippen LogP contribution in [0.2, 0.25) is 0 Å². The van der Waals surface area contributed by atoms with Gasteiger partial charge in [-0.25, -0.2) is 0 Å². The Morgan fingerprint density at radius 3 is 1.42 bits per heavy atom. The van der Waals surface area contributed by atoms with Crippen LogP contribution in [0.15, 0.2) is 73.3 Å². The van der Waals surface area contributed by atoms with Gasteiger partial charge in [0.05, 0.1) is 38.5 Å². The molecule has 298 valence electrons. The van der Waals surface area contributed by atoms with E-state index < -0.39 is 5.97 Å². The second-order valence-electron chi connectivity index (χ2n) is 11.8. The number of aromatic carboxylic acids is 1. The second-order valence-corrected chi connectivity index (χ2v) is 14.3. The molecule has 0 amide bonds. The molecule has 0 aromatic carbocycles. The van der Waals surface area contributed by atoms with Gasteiger partial charge in [-0.05, 0) is 103 Å². The number of hydrogen-bond acceptors (Lipinski definition) is 12. The van der Waals surface area contributed by atoms with E-state index in [0.29, 0.717) is 37.8 Å². The van der Waals surface area contributed by atoms with Gasteiger partial charge in [-0.1, -0.05) is 34.7 Å². The summed E-state index contributed by atoms with van der Waals surface area (Å²) in [5.41, 5.74) is 6.05. The number of pyridine rings is 4. The Morgan fingerprint density at radius 1 is 0.596 bits per heavy atom. The van der Waals surface area contributed by atoms with Gasteiger partial charge in [0.1, 0.15) is 26.4 Å². The van der Waals surface area contributed by atoms with E-state index in [2.05, 4.69) is 80.7 Å². The summed E-state index contributed by atoms with van der Waals surface area (Å²) in [4.78, 5) is 34.4. The third-order valence-corrected chi connectivity index (χ3v) is 10.1. The fraction of sp³-hybridized carbons (Fsp3) is 0.186. The third-order valence-electron chi connectivity index (χ3n) is 8.04. The van der Waals surface area contributed by atoms with E-state index in [1.807, 2.05) is 60.6 Å². The van der Waals surface area contributed by atoms with Crippen molar-refractivity contribution < 1.29 is 48.3 Å². The standard InChI is InChI=1S/C28H24N2O4S2.C12H10N2O2.CH3I.2CH3.Ru/c1-17-25-27(33-13-11-31-25)23(35-17)5-3-19-7-9-29-21(15-19)22-16-20(8-10-30-22)4-6-24-28-26(18(2)36-24)32-12-14-34-28;1-8-2-4-13-10(6-8)11-7-9(12(15)16)3-5-14-11;1-2;;;/h3-10,15-16H,11-14H2,1-2H3;2-7H,1H3,(H,15,16);1H3;2*1H3;/q;;;2*-1;+2/p-1/b5-3+,6-4+;;;;;. The van der Waals surface area contributed by atoms with Crippen molar-refractivity contribution in [1.29, 1.82) is 0 Å². The first-order valence-electron chi connectivity index (χ1n) is 16.9. The van der Waals surface area contributed by atoms with Crippen molar-refractivity contribution in [3.05, 3.63) is 130 Å². The zero-order valence-corrected chi connectivity index (χ0v) is 37.9. The first-order valence-corrected chi connectivity index (χ1v) is 20.7. The number of aromatic nitrogens is 4. The van der Waals surface area contributed by atoms with Gasteiger partial charge in [0.25, 0.3) is 0 Å². The molecule has 6 aromatic heterocycles. The maximum Gasteiger partial charge on any atom is 2.00 e. The third kappa shape index (κ3) is 11.8. The molecule has 0 saturated carbocycles. The van der Waals surface area contributed by atoms with E-state index in [9.17, 15) is 9.90 Å². The molecule has 0 radical (unpaired) electrons. The molecular weight excluding hydrogens is 961 g/mol. The van der Waals surface area contributed by atoms with Crippen molar-refractivity contribution in [2.75, 3.05) is 31.4 Å². The van der Waals surface area contributed by atoms with Crippen molar-refractivity contribution in [2.24, 2.45) is 0 Å². The maximum absolute atomic E-state index is 10.7. The van der Waals surface area contributed by atoms with Gasteiger partial charge in [0, 0.05) is 40.1 Å². The summed E-state index contributed by atoms with van der Waals surface area (Å²) >= 11 is 5.50. The van der Waals surface area contributed by atoms with E-state index in [1.165, 1.54) is 18.3 Å². The molecule has 0 unspecified atom stereocenters. The number of carboxylic acid groups (broad SMARTS) is 1. The SMILES string of the molecule is CI.Cc1ccnc(-c2cc(C(=O)[O-])ccn2)c1.Cc1sc(/C=C/c2ccnc(-c3cc(/C=C/c4sc(C)c5c4OCCO5)ccn3)c2)c2c1OCCO2.[CH3-].[CH3-].[Ru+2]. The quantitative estimate of drug-likeness (QED) is 0.0661. The van der Waals surface area contributed by atoms with Crippen molar-refractivity contribution in [3.63, 3.8) is 0 Å². The predicted octanol–water partition coefficient (Wildman–Crippen LogP) is 9.53. The molecule has 0 fully saturated rings. The summed E-state index contributed by atoms with van der Waals surface area (Å²) in [5, 5.41) is 10.7. The molecule has 0 atom stereocenters. The zero-order chi connectivity index (χ0) is 38.0. The van der Waals surface area contributed by atoms with E-state index >= 15 is 0 Å². The van der Waals surface area contributed by atoms with Crippen molar-refractivity contribution >= 4 is 75.5 Å². The Hall–Kier alpha value is -4.50. The molecule has 0 spiro atoms. The van der Waals surface area contributed by atoms with Crippen LogP contribution in [-0.2, 0) is 19.5 Å². The summed E-state index contributed by atoms with van der Waals surface area (Å²) in [6.45, 7) is 8.41. The number of nitrogens with zero attached hydrogens (tertiary/aromatic N) is 4. The average molecular weight is 1000 g/mol. The number of carbonyl (C=O) groups excluding carboxylic acids is 1. The fourth-order valence-corrected chi connectivity index (χ4v) is 7.47. The normalized spacial score (nSPS) is 12.2. The van der Waals surface area contributed by atoms with Gasteiger partial charge in [-0.3, -0.25) is 19.9 Å². The second kappa shape index (κ2) is 22.4. The van der Waals surface area contributed by atoms with E-state index in [4.69, 9.17) is 18.9 Å². The molecule has 6 aromatic rings. The first-order chi connectivity index (χ1) is 26.3. The van der Waals surface area contributed by atoms with Crippen LogP contribution in [0, 0.1) is 35.6 Å². The monoisotopic (exact) mass is 1000 g/mol. The van der Waals surface area contributed by atoms with Crippen LogP contribution in [-0.4, -0.2) is 57.3 Å². The van der Waals surface area contributed by atoms with Crippen LogP contribution in [0.1, 0.15) is 46.6 Å². The number of hydrogen-bond donors (Lipinski definition) is 0. The molecule has 0 saturated heterocycles. The molecule has 2 aliphatic rings. The minimum atomic E-state index is -1.21. The Labute approximate surface area is 369 Å². The number of aryl methyl sites for hydroxylation is 3. The molecule has 0 bridgehead atoms. The number of fused-ring (bicyclic) bond motifs is 2. The molecule has 8 heterocycles. The summed E-state index contributed by atoms with van der Waals surface area (Å²) in [7, 11) is 0. The van der Waals surface area contributed by atoms with Crippen molar-refractivity contribution in [3.8, 4) is 45.8 Å². The Balaban J connectivity index is 0.000000352. The Bertz CT molecular complexity index is 2220. The van der Waals surface area contributed by atoms with Gasteiger partial charge in [-0.2, -0.15) is 0 Å². The topological polar surface area (TPSA) is 129 Å². The minimum absolute atomic E-state index is 0. The number of carbonyl (C=O) groups is 1. The van der Waals surface area contributed by atoms with Crippen molar-refractivity contribution in [1.82, 2.24) is 19.9 Å². The number of ether oxygens (including phenoxy) is 4. The van der Waals surface area contributed by atoms with Gasteiger partial charge < -0.3 is 43.7 Å². The van der Waals surface area contributed by atoms with Gasteiger partial charge in [-0.15, -0.1) is 22.7 Å². The first kappa shape index (κ1) is 46.9. The van der Waals surface area contributed by atoms with E-state index in [-0.39, 0.29) is 39.9 Å².